The van der Waals surface area contributed by atoms with Crippen LogP contribution in [0.2, 0.25) is 0 Å². The number of amides is 2. The van der Waals surface area contributed by atoms with E-state index in [0.717, 1.165) is 56.3 Å². The number of ether oxygens (including phenoxy) is 1. The number of methoxy groups -OCH3 is 1. The number of rotatable bonds is 7. The maximum Gasteiger partial charge on any atom is 0.253 e. The molecule has 5 rings (SSSR count). The maximum absolute atomic E-state index is 13.1. The summed E-state index contributed by atoms with van der Waals surface area (Å²) < 4.78 is 5.58. The van der Waals surface area contributed by atoms with Crippen molar-refractivity contribution >= 4 is 34.8 Å². The Morgan fingerprint density at radius 3 is 2.46 bits per heavy atom. The monoisotopic (exact) mass is 506 g/mol. The van der Waals surface area contributed by atoms with Crippen LogP contribution in [0.25, 0.3) is 0 Å². The van der Waals surface area contributed by atoms with Crippen LogP contribution in [0.5, 0.6) is 5.75 Å². The highest BCUT2D eigenvalue weighted by Gasteiger charge is 2.40. The van der Waals surface area contributed by atoms with E-state index in [1.54, 1.807) is 30.5 Å². The fourth-order valence-electron chi connectivity index (χ4n) is 6.06. The van der Waals surface area contributed by atoms with Crippen molar-refractivity contribution in [3.05, 3.63) is 30.1 Å². The number of hydrogen-bond acceptors (Lipinski definition) is 7. The Balaban J connectivity index is 1.40. The predicted octanol–water partition coefficient (Wildman–Crippen LogP) is 4.80. The molecular formula is C28H38N6O3. The maximum atomic E-state index is 13.1. The lowest BCUT2D eigenvalue weighted by Crippen LogP contribution is -2.55. The molecule has 3 heterocycles. The molecule has 2 amide bonds. The Kier molecular flexibility index (Phi) is 7.48. The number of anilines is 4. The highest BCUT2D eigenvalue weighted by Crippen LogP contribution is 2.42. The van der Waals surface area contributed by atoms with Crippen molar-refractivity contribution in [2.45, 2.75) is 89.3 Å². The summed E-state index contributed by atoms with van der Waals surface area (Å²) in [6, 6.07) is 4.13. The number of nitrogens with one attached hydrogen (secondary N) is 2. The number of carbonyl (C=O) groups is 2. The van der Waals surface area contributed by atoms with Gasteiger partial charge in [-0.05, 0) is 38.2 Å². The minimum atomic E-state index is -0.175. The van der Waals surface area contributed by atoms with Crippen molar-refractivity contribution in [1.82, 2.24) is 15.3 Å². The van der Waals surface area contributed by atoms with Crippen LogP contribution in [0.3, 0.4) is 0 Å². The number of fused-ring (bicyclic) bond motifs is 1. The second-order valence-corrected chi connectivity index (χ2v) is 10.4. The molecule has 1 unspecified atom stereocenters. The van der Waals surface area contributed by atoms with Crippen LogP contribution in [-0.2, 0) is 4.79 Å². The number of likely N-dealkylation sites (N-methyl/N-ethyl adjacent to an activating group) is 1. The van der Waals surface area contributed by atoms with Crippen molar-refractivity contribution in [3.8, 4) is 5.75 Å². The van der Waals surface area contributed by atoms with E-state index in [0.29, 0.717) is 29.0 Å². The summed E-state index contributed by atoms with van der Waals surface area (Å²) in [5.74, 6) is 1.58. The number of aromatic nitrogens is 2. The van der Waals surface area contributed by atoms with E-state index in [9.17, 15) is 9.59 Å². The number of pyridine rings is 2. The van der Waals surface area contributed by atoms with E-state index in [1.165, 1.54) is 19.3 Å². The first-order valence-electron chi connectivity index (χ1n) is 13.7. The normalized spacial score (nSPS) is 20.6. The summed E-state index contributed by atoms with van der Waals surface area (Å²) in [4.78, 5) is 39.1. The van der Waals surface area contributed by atoms with Gasteiger partial charge < -0.3 is 25.2 Å². The van der Waals surface area contributed by atoms with Crippen LogP contribution in [0.4, 0.5) is 23.0 Å². The Bertz CT molecular complexity index is 1140. The molecule has 198 valence electrons. The van der Waals surface area contributed by atoms with E-state index >= 15 is 0 Å². The van der Waals surface area contributed by atoms with Gasteiger partial charge in [0.25, 0.3) is 5.91 Å². The molecule has 2 fully saturated rings. The van der Waals surface area contributed by atoms with Crippen molar-refractivity contribution in [1.29, 1.82) is 0 Å². The molecular weight excluding hydrogens is 468 g/mol. The molecule has 2 saturated carbocycles. The summed E-state index contributed by atoms with van der Waals surface area (Å²) >= 11 is 0. The van der Waals surface area contributed by atoms with Crippen LogP contribution >= 0.6 is 0 Å². The van der Waals surface area contributed by atoms with Gasteiger partial charge in [0, 0.05) is 31.4 Å². The third kappa shape index (κ3) is 5.08. The summed E-state index contributed by atoms with van der Waals surface area (Å²) in [5, 5.41) is 6.42. The van der Waals surface area contributed by atoms with Crippen molar-refractivity contribution in [2.75, 3.05) is 29.3 Å². The van der Waals surface area contributed by atoms with Crippen LogP contribution in [0.1, 0.15) is 81.5 Å². The van der Waals surface area contributed by atoms with Gasteiger partial charge in [-0.1, -0.05) is 39.0 Å². The fraction of sp³-hybridized carbons (Fsp3) is 0.571. The molecule has 1 atom stereocenters. The Hall–Kier alpha value is -3.36. The van der Waals surface area contributed by atoms with Gasteiger partial charge in [0.1, 0.15) is 11.9 Å². The molecule has 2 aliphatic carbocycles. The quantitative estimate of drug-likeness (QED) is 0.557. The van der Waals surface area contributed by atoms with Gasteiger partial charge in [-0.15, -0.1) is 0 Å². The van der Waals surface area contributed by atoms with Crippen LogP contribution in [0.15, 0.2) is 24.5 Å². The molecule has 2 aromatic rings. The van der Waals surface area contributed by atoms with Gasteiger partial charge in [-0.2, -0.15) is 0 Å². The van der Waals surface area contributed by atoms with Gasteiger partial charge in [0.05, 0.1) is 30.2 Å². The van der Waals surface area contributed by atoms with E-state index in [1.807, 2.05) is 13.1 Å². The molecule has 9 heteroatoms. The Labute approximate surface area is 219 Å². The minimum absolute atomic E-state index is 0.120. The average Bonchev–Trinajstić information content (AvgIpc) is 3.46. The SMILES string of the molecule is CCC1C(=O)N(C)c2cnc(Nc3ncc(C(=O)NC4CCCCC4)cc3OC)cc2N1C1CCCC1. The summed E-state index contributed by atoms with van der Waals surface area (Å²) in [6.45, 7) is 2.07. The molecule has 0 radical (unpaired) electrons. The highest BCUT2D eigenvalue weighted by atomic mass is 16.5. The first-order valence-corrected chi connectivity index (χ1v) is 13.7. The zero-order valence-electron chi connectivity index (χ0n) is 22.1. The molecule has 3 aliphatic rings. The topological polar surface area (TPSA) is 99.7 Å². The first-order chi connectivity index (χ1) is 18.0. The zero-order valence-corrected chi connectivity index (χ0v) is 22.1. The summed E-state index contributed by atoms with van der Waals surface area (Å²) in [5.41, 5.74) is 2.31. The number of nitrogens with zero attached hydrogens (tertiary/aromatic N) is 4. The van der Waals surface area contributed by atoms with Gasteiger partial charge in [0.2, 0.25) is 5.91 Å². The fourth-order valence-corrected chi connectivity index (χ4v) is 6.06. The van der Waals surface area contributed by atoms with Crippen LogP contribution < -0.4 is 25.2 Å². The second kappa shape index (κ2) is 10.9. The lowest BCUT2D eigenvalue weighted by Gasteiger charge is -2.44. The molecule has 0 aromatic carbocycles. The van der Waals surface area contributed by atoms with Gasteiger partial charge in [0.15, 0.2) is 11.6 Å². The molecule has 2 N–H and O–H groups in total. The Morgan fingerprint density at radius 1 is 1.03 bits per heavy atom. The molecule has 9 nitrogen and oxygen atoms in total. The number of carbonyl (C=O) groups excluding carboxylic acids is 2. The molecule has 37 heavy (non-hydrogen) atoms. The Morgan fingerprint density at radius 2 is 1.76 bits per heavy atom. The van der Waals surface area contributed by atoms with Crippen LogP contribution in [0, 0.1) is 0 Å². The second-order valence-electron chi connectivity index (χ2n) is 10.4. The molecule has 2 aromatic heterocycles. The molecule has 1 aliphatic heterocycles. The zero-order chi connectivity index (χ0) is 25.9. The van der Waals surface area contributed by atoms with Gasteiger partial charge in [-0.25, -0.2) is 9.97 Å². The van der Waals surface area contributed by atoms with Crippen molar-refractivity contribution < 1.29 is 14.3 Å². The standard InChI is InChI=1S/C28H38N6O3/c1-4-21-28(36)33(2)23-17-29-25(15-22(23)34(21)20-12-8-9-13-20)32-26-24(37-3)14-18(16-30-26)27(35)31-19-10-6-5-7-11-19/h14-17,19-21H,4-13H2,1-3H3,(H,31,35)(H,29,30,32). The summed E-state index contributed by atoms with van der Waals surface area (Å²) in [7, 11) is 3.39. The van der Waals surface area contributed by atoms with E-state index < -0.39 is 0 Å². The third-order valence-electron chi connectivity index (χ3n) is 8.08. The average molecular weight is 507 g/mol. The number of hydrogen-bond donors (Lipinski definition) is 2. The molecule has 0 saturated heterocycles. The lowest BCUT2D eigenvalue weighted by atomic mass is 9.95. The predicted molar refractivity (Wildman–Crippen MR) is 145 cm³/mol. The van der Waals surface area contributed by atoms with Crippen molar-refractivity contribution in [2.24, 2.45) is 0 Å². The van der Waals surface area contributed by atoms with E-state index in [2.05, 4.69) is 32.4 Å². The third-order valence-corrected chi connectivity index (χ3v) is 8.08. The minimum Gasteiger partial charge on any atom is -0.493 e. The van der Waals surface area contributed by atoms with E-state index in [-0.39, 0.29) is 23.9 Å². The molecule has 0 bridgehead atoms. The van der Waals surface area contributed by atoms with Gasteiger partial charge in [-0.3, -0.25) is 9.59 Å². The largest absolute Gasteiger partial charge is 0.493 e. The smallest absolute Gasteiger partial charge is 0.253 e. The first kappa shape index (κ1) is 25.3. The molecule has 0 spiro atoms. The van der Waals surface area contributed by atoms with Gasteiger partial charge >= 0.3 is 0 Å². The highest BCUT2D eigenvalue weighted by molar-refractivity contribution is 6.05. The van der Waals surface area contributed by atoms with Crippen molar-refractivity contribution in [3.63, 3.8) is 0 Å². The van der Waals surface area contributed by atoms with Crippen LogP contribution in [-0.4, -0.2) is 54.1 Å². The van der Waals surface area contributed by atoms with E-state index in [4.69, 9.17) is 4.74 Å². The summed E-state index contributed by atoms with van der Waals surface area (Å²) in [6.07, 6.45) is 14.3. The lowest BCUT2D eigenvalue weighted by molar-refractivity contribution is -0.120.